The van der Waals surface area contributed by atoms with Crippen molar-refractivity contribution in [3.63, 3.8) is 0 Å². The standard InChI is InChI=1S/C15H24BrN3O/c1-12(2)20-9-8-18-4-6-19(7-5-18)15-10-13(3)14(16)11-17-15/h10-12H,4-9H2,1-3H3. The predicted octanol–water partition coefficient (Wildman–Crippen LogP) is 2.70. The van der Waals surface area contributed by atoms with Gasteiger partial charge in [0.2, 0.25) is 0 Å². The Morgan fingerprint density at radius 3 is 2.60 bits per heavy atom. The molecular formula is C15H24BrN3O. The highest BCUT2D eigenvalue weighted by atomic mass is 79.9. The van der Waals surface area contributed by atoms with E-state index in [-0.39, 0.29) is 0 Å². The van der Waals surface area contributed by atoms with Crippen LogP contribution in [0.2, 0.25) is 0 Å². The first-order valence-electron chi connectivity index (χ1n) is 7.27. The van der Waals surface area contributed by atoms with E-state index in [0.717, 1.165) is 49.6 Å². The van der Waals surface area contributed by atoms with E-state index in [2.05, 4.69) is 57.6 Å². The van der Waals surface area contributed by atoms with Crippen LogP contribution < -0.4 is 4.90 Å². The van der Waals surface area contributed by atoms with Crippen LogP contribution in [-0.4, -0.2) is 55.3 Å². The monoisotopic (exact) mass is 341 g/mol. The van der Waals surface area contributed by atoms with Crippen LogP contribution in [0.5, 0.6) is 0 Å². The summed E-state index contributed by atoms with van der Waals surface area (Å²) in [5.74, 6) is 1.09. The van der Waals surface area contributed by atoms with Crippen LogP contribution in [-0.2, 0) is 4.74 Å². The van der Waals surface area contributed by atoms with Gasteiger partial charge in [0.05, 0.1) is 12.7 Å². The molecule has 0 aliphatic carbocycles. The molecule has 20 heavy (non-hydrogen) atoms. The van der Waals surface area contributed by atoms with Crippen molar-refractivity contribution in [2.75, 3.05) is 44.2 Å². The van der Waals surface area contributed by atoms with Crippen molar-refractivity contribution in [3.8, 4) is 0 Å². The predicted molar refractivity (Wildman–Crippen MR) is 86.4 cm³/mol. The lowest BCUT2D eigenvalue weighted by Crippen LogP contribution is -2.47. The molecule has 0 saturated carbocycles. The molecule has 0 N–H and O–H groups in total. The lowest BCUT2D eigenvalue weighted by molar-refractivity contribution is 0.0578. The summed E-state index contributed by atoms with van der Waals surface area (Å²) in [7, 11) is 0. The quantitative estimate of drug-likeness (QED) is 0.823. The van der Waals surface area contributed by atoms with E-state index in [0.29, 0.717) is 6.10 Å². The summed E-state index contributed by atoms with van der Waals surface area (Å²) in [4.78, 5) is 9.33. The Hall–Kier alpha value is -0.650. The molecule has 0 bridgehead atoms. The fourth-order valence-corrected chi connectivity index (χ4v) is 2.53. The van der Waals surface area contributed by atoms with Gasteiger partial charge in [-0.15, -0.1) is 0 Å². The van der Waals surface area contributed by atoms with Gasteiger partial charge in [0.1, 0.15) is 5.82 Å². The molecule has 1 aromatic rings. The largest absolute Gasteiger partial charge is 0.377 e. The molecule has 5 heteroatoms. The Morgan fingerprint density at radius 2 is 2.00 bits per heavy atom. The summed E-state index contributed by atoms with van der Waals surface area (Å²) in [5.41, 5.74) is 1.24. The van der Waals surface area contributed by atoms with E-state index in [9.17, 15) is 0 Å². The smallest absolute Gasteiger partial charge is 0.128 e. The number of anilines is 1. The molecule has 1 aromatic heterocycles. The average Bonchev–Trinajstić information content (AvgIpc) is 2.42. The molecular weight excluding hydrogens is 318 g/mol. The van der Waals surface area contributed by atoms with E-state index >= 15 is 0 Å². The van der Waals surface area contributed by atoms with E-state index in [4.69, 9.17) is 4.74 Å². The van der Waals surface area contributed by atoms with Crippen molar-refractivity contribution in [2.24, 2.45) is 0 Å². The number of hydrogen-bond acceptors (Lipinski definition) is 4. The third-order valence-electron chi connectivity index (χ3n) is 3.59. The molecule has 0 unspecified atom stereocenters. The minimum atomic E-state index is 0.325. The lowest BCUT2D eigenvalue weighted by atomic mass is 10.2. The first-order chi connectivity index (χ1) is 9.56. The van der Waals surface area contributed by atoms with Gasteiger partial charge in [0.25, 0.3) is 0 Å². The summed E-state index contributed by atoms with van der Waals surface area (Å²) < 4.78 is 6.69. The average molecular weight is 342 g/mol. The Balaban J connectivity index is 1.80. The van der Waals surface area contributed by atoms with Crippen LogP contribution in [0.25, 0.3) is 0 Å². The van der Waals surface area contributed by atoms with Gasteiger partial charge < -0.3 is 9.64 Å². The highest BCUT2D eigenvalue weighted by molar-refractivity contribution is 9.10. The molecule has 0 atom stereocenters. The summed E-state index contributed by atoms with van der Waals surface area (Å²) >= 11 is 3.50. The number of piperazine rings is 1. The number of ether oxygens (including phenoxy) is 1. The Bertz CT molecular complexity index is 431. The molecule has 0 spiro atoms. The maximum atomic E-state index is 5.61. The molecule has 0 radical (unpaired) electrons. The highest BCUT2D eigenvalue weighted by Crippen LogP contribution is 2.20. The normalized spacial score (nSPS) is 16.9. The van der Waals surface area contributed by atoms with Crippen LogP contribution in [0, 0.1) is 6.92 Å². The van der Waals surface area contributed by atoms with Crippen molar-refractivity contribution in [1.82, 2.24) is 9.88 Å². The van der Waals surface area contributed by atoms with E-state index in [1.54, 1.807) is 0 Å². The summed E-state index contributed by atoms with van der Waals surface area (Å²) in [5, 5.41) is 0. The molecule has 2 heterocycles. The highest BCUT2D eigenvalue weighted by Gasteiger charge is 2.18. The maximum absolute atomic E-state index is 5.61. The summed E-state index contributed by atoms with van der Waals surface area (Å²) in [6, 6.07) is 2.15. The molecule has 2 rings (SSSR count). The zero-order valence-electron chi connectivity index (χ0n) is 12.6. The fourth-order valence-electron chi connectivity index (χ4n) is 2.32. The van der Waals surface area contributed by atoms with Gasteiger partial charge in [-0.25, -0.2) is 4.98 Å². The Kier molecular flexibility index (Phi) is 5.81. The Labute approximate surface area is 130 Å². The number of pyridine rings is 1. The van der Waals surface area contributed by atoms with Gasteiger partial charge in [0, 0.05) is 43.4 Å². The molecule has 0 amide bonds. The molecule has 112 valence electrons. The second-order valence-electron chi connectivity index (χ2n) is 5.54. The first kappa shape index (κ1) is 15.7. The summed E-state index contributed by atoms with van der Waals surface area (Å²) in [6.45, 7) is 12.4. The fraction of sp³-hybridized carbons (Fsp3) is 0.667. The Morgan fingerprint density at radius 1 is 1.30 bits per heavy atom. The third-order valence-corrected chi connectivity index (χ3v) is 4.42. The van der Waals surface area contributed by atoms with Crippen molar-refractivity contribution in [3.05, 3.63) is 22.3 Å². The van der Waals surface area contributed by atoms with Crippen molar-refractivity contribution in [1.29, 1.82) is 0 Å². The second-order valence-corrected chi connectivity index (χ2v) is 6.39. The van der Waals surface area contributed by atoms with Crippen LogP contribution in [0.15, 0.2) is 16.7 Å². The minimum Gasteiger partial charge on any atom is -0.377 e. The topological polar surface area (TPSA) is 28.6 Å². The van der Waals surface area contributed by atoms with Gasteiger partial charge in [-0.1, -0.05) is 0 Å². The number of hydrogen-bond donors (Lipinski definition) is 0. The van der Waals surface area contributed by atoms with Gasteiger partial charge in [0.15, 0.2) is 0 Å². The maximum Gasteiger partial charge on any atom is 0.128 e. The molecule has 1 aliphatic rings. The van der Waals surface area contributed by atoms with Crippen LogP contribution in [0.1, 0.15) is 19.4 Å². The van der Waals surface area contributed by atoms with Gasteiger partial charge in [-0.2, -0.15) is 0 Å². The van der Waals surface area contributed by atoms with Crippen molar-refractivity contribution in [2.45, 2.75) is 26.9 Å². The molecule has 4 nitrogen and oxygen atoms in total. The molecule has 1 fully saturated rings. The van der Waals surface area contributed by atoms with Crippen LogP contribution in [0.3, 0.4) is 0 Å². The van der Waals surface area contributed by atoms with Crippen molar-refractivity contribution >= 4 is 21.7 Å². The van der Waals surface area contributed by atoms with Gasteiger partial charge in [-0.3, -0.25) is 4.90 Å². The zero-order valence-corrected chi connectivity index (χ0v) is 14.2. The van der Waals surface area contributed by atoms with Gasteiger partial charge in [-0.05, 0) is 48.3 Å². The lowest BCUT2D eigenvalue weighted by Gasteiger charge is -2.35. The molecule has 1 aliphatic heterocycles. The SMILES string of the molecule is Cc1cc(N2CCN(CCOC(C)C)CC2)ncc1Br. The molecule has 1 saturated heterocycles. The number of rotatable bonds is 5. The first-order valence-corrected chi connectivity index (χ1v) is 8.06. The van der Waals surface area contributed by atoms with E-state index in [1.165, 1.54) is 5.56 Å². The number of aryl methyl sites for hydroxylation is 1. The summed E-state index contributed by atoms with van der Waals surface area (Å²) in [6.07, 6.45) is 2.22. The molecule has 0 aromatic carbocycles. The third kappa shape index (κ3) is 4.43. The number of aromatic nitrogens is 1. The number of halogens is 1. The van der Waals surface area contributed by atoms with Crippen molar-refractivity contribution < 1.29 is 4.74 Å². The van der Waals surface area contributed by atoms with E-state index in [1.807, 2.05) is 6.20 Å². The second kappa shape index (κ2) is 7.38. The van der Waals surface area contributed by atoms with Crippen LogP contribution >= 0.6 is 15.9 Å². The van der Waals surface area contributed by atoms with E-state index < -0.39 is 0 Å². The van der Waals surface area contributed by atoms with Crippen LogP contribution in [0.4, 0.5) is 5.82 Å². The minimum absolute atomic E-state index is 0.325. The number of nitrogens with zero attached hydrogens (tertiary/aromatic N) is 3. The van der Waals surface area contributed by atoms with Gasteiger partial charge >= 0.3 is 0 Å². The zero-order chi connectivity index (χ0) is 14.5.